The van der Waals surface area contributed by atoms with Crippen LogP contribution in [0.2, 0.25) is 0 Å². The maximum absolute atomic E-state index is 12.6. The van der Waals surface area contributed by atoms with E-state index in [-0.39, 0.29) is 30.9 Å². The van der Waals surface area contributed by atoms with Crippen molar-refractivity contribution in [3.05, 3.63) is 36.4 Å². The molecule has 2 amide bonds. The number of hydrogen-bond acceptors (Lipinski definition) is 5. The number of nitrogens with zero attached hydrogens (tertiary/aromatic N) is 4. The van der Waals surface area contributed by atoms with E-state index in [1.807, 2.05) is 22.9 Å². The van der Waals surface area contributed by atoms with Crippen LogP contribution in [0.15, 0.2) is 30.6 Å². The Morgan fingerprint density at radius 3 is 3.17 bits per heavy atom. The third-order valence-corrected chi connectivity index (χ3v) is 4.42. The summed E-state index contributed by atoms with van der Waals surface area (Å²) in [4.78, 5) is 30.1. The number of para-hydroxylation sites is 2. The van der Waals surface area contributed by atoms with Crippen LogP contribution in [0.25, 0.3) is 0 Å². The Kier molecular flexibility index (Phi) is 3.73. The SMILES string of the molecule is O=C1CN(C(=O)CNC2CCc3ncnn3C2)c2ccccc2N1. The summed E-state index contributed by atoms with van der Waals surface area (Å²) in [6, 6.07) is 7.51. The first-order valence-corrected chi connectivity index (χ1v) is 8.00. The number of anilines is 2. The van der Waals surface area contributed by atoms with Crippen LogP contribution in [0.1, 0.15) is 12.2 Å². The standard InChI is InChI=1S/C16H18N6O2/c23-15-9-21(13-4-2-1-3-12(13)20-15)16(24)7-17-11-5-6-14-18-10-19-22(14)8-11/h1-4,10-11,17H,5-9H2,(H,20,23). The van der Waals surface area contributed by atoms with Gasteiger partial charge in [0.1, 0.15) is 18.7 Å². The van der Waals surface area contributed by atoms with Crippen LogP contribution in [0.3, 0.4) is 0 Å². The number of hydrogen-bond donors (Lipinski definition) is 2. The number of nitrogens with one attached hydrogen (secondary N) is 2. The number of amides is 2. The highest BCUT2D eigenvalue weighted by molar-refractivity contribution is 6.10. The Labute approximate surface area is 138 Å². The van der Waals surface area contributed by atoms with Crippen molar-refractivity contribution in [3.8, 4) is 0 Å². The minimum Gasteiger partial charge on any atom is -0.323 e. The van der Waals surface area contributed by atoms with Gasteiger partial charge in [-0.3, -0.25) is 14.5 Å². The number of carbonyl (C=O) groups excluding carboxylic acids is 2. The van der Waals surface area contributed by atoms with Crippen LogP contribution in [0.4, 0.5) is 11.4 Å². The van der Waals surface area contributed by atoms with Gasteiger partial charge in [-0.25, -0.2) is 9.67 Å². The quantitative estimate of drug-likeness (QED) is 0.839. The first-order valence-electron chi connectivity index (χ1n) is 8.00. The van der Waals surface area contributed by atoms with Crippen molar-refractivity contribution in [1.82, 2.24) is 20.1 Å². The van der Waals surface area contributed by atoms with Crippen LogP contribution >= 0.6 is 0 Å². The van der Waals surface area contributed by atoms with Crippen molar-refractivity contribution in [2.24, 2.45) is 0 Å². The van der Waals surface area contributed by atoms with E-state index in [1.54, 1.807) is 12.4 Å². The van der Waals surface area contributed by atoms with Gasteiger partial charge in [0.2, 0.25) is 11.8 Å². The molecule has 124 valence electrons. The number of carbonyl (C=O) groups is 2. The molecule has 8 nitrogen and oxygen atoms in total. The monoisotopic (exact) mass is 326 g/mol. The molecule has 0 spiro atoms. The first kappa shape index (κ1) is 14.8. The zero-order chi connectivity index (χ0) is 16.5. The van der Waals surface area contributed by atoms with E-state index in [2.05, 4.69) is 20.7 Å². The molecule has 1 aromatic heterocycles. The maximum atomic E-state index is 12.6. The summed E-state index contributed by atoms with van der Waals surface area (Å²) in [7, 11) is 0. The average molecular weight is 326 g/mol. The van der Waals surface area contributed by atoms with E-state index < -0.39 is 0 Å². The van der Waals surface area contributed by atoms with Gasteiger partial charge in [-0.2, -0.15) is 5.10 Å². The van der Waals surface area contributed by atoms with Gasteiger partial charge in [-0.15, -0.1) is 0 Å². The minimum absolute atomic E-state index is 0.0510. The van der Waals surface area contributed by atoms with E-state index in [0.29, 0.717) is 12.2 Å². The number of fused-ring (bicyclic) bond motifs is 2. The highest BCUT2D eigenvalue weighted by Crippen LogP contribution is 2.28. The smallest absolute Gasteiger partial charge is 0.244 e. The topological polar surface area (TPSA) is 92.2 Å². The van der Waals surface area contributed by atoms with Gasteiger partial charge >= 0.3 is 0 Å². The Morgan fingerprint density at radius 2 is 2.25 bits per heavy atom. The van der Waals surface area contributed by atoms with Crippen LogP contribution in [0, 0.1) is 0 Å². The van der Waals surface area contributed by atoms with Gasteiger partial charge in [-0.05, 0) is 18.6 Å². The molecule has 1 unspecified atom stereocenters. The third-order valence-electron chi connectivity index (χ3n) is 4.42. The number of benzene rings is 1. The van der Waals surface area contributed by atoms with Crippen molar-refractivity contribution >= 4 is 23.2 Å². The molecule has 2 aliphatic heterocycles. The predicted molar refractivity (Wildman–Crippen MR) is 87.6 cm³/mol. The van der Waals surface area contributed by atoms with Crippen LogP contribution in [-0.4, -0.2) is 45.7 Å². The van der Waals surface area contributed by atoms with Crippen molar-refractivity contribution in [2.45, 2.75) is 25.4 Å². The van der Waals surface area contributed by atoms with Crippen molar-refractivity contribution in [2.75, 3.05) is 23.3 Å². The minimum atomic E-state index is -0.174. The Morgan fingerprint density at radius 1 is 1.38 bits per heavy atom. The van der Waals surface area contributed by atoms with Crippen molar-refractivity contribution in [3.63, 3.8) is 0 Å². The number of aromatic nitrogens is 3. The number of aryl methyl sites for hydroxylation is 1. The molecular weight excluding hydrogens is 308 g/mol. The van der Waals surface area contributed by atoms with Crippen molar-refractivity contribution in [1.29, 1.82) is 0 Å². The molecule has 0 saturated carbocycles. The van der Waals surface area contributed by atoms with E-state index in [4.69, 9.17) is 0 Å². The molecule has 0 saturated heterocycles. The zero-order valence-corrected chi connectivity index (χ0v) is 13.1. The molecule has 0 radical (unpaired) electrons. The summed E-state index contributed by atoms with van der Waals surface area (Å²) < 4.78 is 1.87. The highest BCUT2D eigenvalue weighted by atomic mass is 16.2. The molecule has 0 bridgehead atoms. The summed E-state index contributed by atoms with van der Waals surface area (Å²) in [6.07, 6.45) is 3.33. The Bertz CT molecular complexity index is 786. The second-order valence-electron chi connectivity index (χ2n) is 6.02. The van der Waals surface area contributed by atoms with Gasteiger partial charge < -0.3 is 10.6 Å². The van der Waals surface area contributed by atoms with Crippen LogP contribution in [-0.2, 0) is 22.6 Å². The van der Waals surface area contributed by atoms with Gasteiger partial charge in [-0.1, -0.05) is 12.1 Å². The fraction of sp³-hybridized carbons (Fsp3) is 0.375. The molecule has 2 aliphatic rings. The highest BCUT2D eigenvalue weighted by Gasteiger charge is 2.27. The first-order chi connectivity index (χ1) is 11.7. The lowest BCUT2D eigenvalue weighted by atomic mass is 10.1. The molecule has 0 aliphatic carbocycles. The lowest BCUT2D eigenvalue weighted by Crippen LogP contribution is -2.48. The Hall–Kier alpha value is -2.74. The number of rotatable bonds is 3. The van der Waals surface area contributed by atoms with E-state index in [9.17, 15) is 9.59 Å². The third kappa shape index (κ3) is 2.76. The molecule has 3 heterocycles. The van der Waals surface area contributed by atoms with Gasteiger partial charge in [0.25, 0.3) is 0 Å². The second kappa shape index (κ2) is 6.04. The molecule has 8 heteroatoms. The molecular formula is C16H18N6O2. The molecule has 1 atom stereocenters. The summed E-state index contributed by atoms with van der Waals surface area (Å²) in [5.74, 6) is 0.703. The summed E-state index contributed by atoms with van der Waals surface area (Å²) in [5.41, 5.74) is 1.41. The maximum Gasteiger partial charge on any atom is 0.244 e. The predicted octanol–water partition coefficient (Wildman–Crippen LogP) is 0.168. The summed E-state index contributed by atoms with van der Waals surface area (Å²) in [5, 5.41) is 10.3. The summed E-state index contributed by atoms with van der Waals surface area (Å²) >= 11 is 0. The molecule has 0 fully saturated rings. The largest absolute Gasteiger partial charge is 0.323 e. The lowest BCUT2D eigenvalue weighted by molar-refractivity contribution is -0.121. The second-order valence-corrected chi connectivity index (χ2v) is 6.02. The van der Waals surface area contributed by atoms with E-state index >= 15 is 0 Å². The van der Waals surface area contributed by atoms with Crippen LogP contribution in [0.5, 0.6) is 0 Å². The molecule has 1 aromatic carbocycles. The average Bonchev–Trinajstić information content (AvgIpc) is 3.06. The van der Waals surface area contributed by atoms with E-state index in [1.165, 1.54) is 4.90 Å². The van der Waals surface area contributed by atoms with Gasteiger partial charge in [0, 0.05) is 12.5 Å². The lowest BCUT2D eigenvalue weighted by Gasteiger charge is -2.30. The Balaban J connectivity index is 1.41. The summed E-state index contributed by atoms with van der Waals surface area (Å²) in [6.45, 7) is 0.950. The molecule has 2 aromatic rings. The fourth-order valence-corrected chi connectivity index (χ4v) is 3.19. The fourth-order valence-electron chi connectivity index (χ4n) is 3.19. The molecule has 2 N–H and O–H groups in total. The molecule has 24 heavy (non-hydrogen) atoms. The normalized spacial score (nSPS) is 19.4. The zero-order valence-electron chi connectivity index (χ0n) is 13.1. The van der Waals surface area contributed by atoms with E-state index in [0.717, 1.165) is 24.4 Å². The van der Waals surface area contributed by atoms with Gasteiger partial charge in [0.15, 0.2) is 0 Å². The van der Waals surface area contributed by atoms with Crippen LogP contribution < -0.4 is 15.5 Å². The van der Waals surface area contributed by atoms with Crippen molar-refractivity contribution < 1.29 is 9.59 Å². The molecule has 4 rings (SSSR count). The van der Waals surface area contributed by atoms with Gasteiger partial charge in [0.05, 0.1) is 24.5 Å².